The van der Waals surface area contributed by atoms with Crippen LogP contribution in [0.5, 0.6) is 0 Å². The molecule has 0 amide bonds. The van der Waals surface area contributed by atoms with Crippen LogP contribution in [0.4, 0.5) is 0 Å². The van der Waals surface area contributed by atoms with Gasteiger partial charge in [-0.2, -0.15) is 4.98 Å². The van der Waals surface area contributed by atoms with Gasteiger partial charge in [0.05, 0.1) is 4.90 Å². The fourth-order valence-electron chi connectivity index (χ4n) is 1.75. The van der Waals surface area contributed by atoms with Gasteiger partial charge in [-0.25, -0.2) is 13.1 Å². The number of rotatable bonds is 9. The van der Waals surface area contributed by atoms with Gasteiger partial charge in [-0.05, 0) is 24.4 Å². The molecule has 9 heteroatoms. The van der Waals surface area contributed by atoms with Crippen molar-refractivity contribution in [3.8, 4) is 0 Å². The summed E-state index contributed by atoms with van der Waals surface area (Å²) < 4.78 is 31.9. The van der Waals surface area contributed by atoms with Gasteiger partial charge in [0.2, 0.25) is 15.9 Å². The highest BCUT2D eigenvalue weighted by molar-refractivity contribution is 7.89. The summed E-state index contributed by atoms with van der Waals surface area (Å²) in [5.74, 6) is 0.410. The Morgan fingerprint density at radius 1 is 1.38 bits per heavy atom. The molecule has 0 aromatic carbocycles. The Kier molecular flexibility index (Phi) is 5.85. The molecule has 0 fully saturated rings. The summed E-state index contributed by atoms with van der Waals surface area (Å²) in [6.07, 6.45) is 2.67. The van der Waals surface area contributed by atoms with Crippen molar-refractivity contribution in [2.24, 2.45) is 0 Å². The van der Waals surface area contributed by atoms with Gasteiger partial charge in [-0.1, -0.05) is 12.1 Å². The summed E-state index contributed by atoms with van der Waals surface area (Å²) in [7, 11) is -3.51. The molecule has 0 aliphatic rings. The second-order valence-electron chi connectivity index (χ2n) is 4.37. The topological polar surface area (TPSA) is 97.1 Å². The monoisotopic (exact) mass is 330 g/mol. The van der Waals surface area contributed by atoms with Crippen LogP contribution in [0, 0.1) is 0 Å². The van der Waals surface area contributed by atoms with E-state index in [1.165, 1.54) is 17.7 Å². The number of nitrogens with one attached hydrogen (secondary N) is 2. The van der Waals surface area contributed by atoms with Crippen LogP contribution in [0.1, 0.15) is 24.1 Å². The standard InChI is InChI=1S/C12H18N4O3S2/c1-2-5-13-8-10-11(4-7-20-10)21(17,18)16-6-3-12-14-9-15-19-12/h4,7,9,13,16H,2-3,5-6,8H2,1H3. The lowest BCUT2D eigenvalue weighted by Gasteiger charge is -2.07. The lowest BCUT2D eigenvalue weighted by Crippen LogP contribution is -2.27. The summed E-state index contributed by atoms with van der Waals surface area (Å²) in [5, 5.41) is 8.47. The predicted octanol–water partition coefficient (Wildman–Crippen LogP) is 1.15. The second kappa shape index (κ2) is 7.64. The molecule has 2 heterocycles. The van der Waals surface area contributed by atoms with Crippen molar-refractivity contribution in [2.45, 2.75) is 31.2 Å². The molecule has 2 rings (SSSR count). The van der Waals surface area contributed by atoms with Gasteiger partial charge in [0.1, 0.15) is 0 Å². The van der Waals surface area contributed by atoms with Crippen molar-refractivity contribution in [3.63, 3.8) is 0 Å². The third kappa shape index (κ3) is 4.60. The molecule has 0 spiro atoms. The van der Waals surface area contributed by atoms with E-state index in [2.05, 4.69) is 27.1 Å². The van der Waals surface area contributed by atoms with Crippen LogP contribution in [-0.4, -0.2) is 31.6 Å². The zero-order valence-electron chi connectivity index (χ0n) is 11.7. The number of hydrogen-bond acceptors (Lipinski definition) is 7. The maximum atomic E-state index is 12.3. The van der Waals surface area contributed by atoms with Crippen molar-refractivity contribution in [2.75, 3.05) is 13.1 Å². The van der Waals surface area contributed by atoms with Gasteiger partial charge >= 0.3 is 0 Å². The molecule has 0 aliphatic carbocycles. The SMILES string of the molecule is CCCNCc1sccc1S(=O)(=O)NCCc1ncno1. The first kappa shape index (κ1) is 16.1. The van der Waals surface area contributed by atoms with Crippen molar-refractivity contribution >= 4 is 21.4 Å². The molecule has 0 radical (unpaired) electrons. The van der Waals surface area contributed by atoms with E-state index in [0.29, 0.717) is 23.8 Å². The molecular weight excluding hydrogens is 312 g/mol. The van der Waals surface area contributed by atoms with Crippen LogP contribution in [0.15, 0.2) is 27.2 Å². The summed E-state index contributed by atoms with van der Waals surface area (Å²) in [6, 6.07) is 1.63. The van der Waals surface area contributed by atoms with Gasteiger partial charge < -0.3 is 9.84 Å². The molecule has 0 atom stereocenters. The molecule has 0 saturated carbocycles. The molecule has 2 aromatic heterocycles. The molecule has 2 aromatic rings. The minimum Gasteiger partial charge on any atom is -0.340 e. The Hall–Kier alpha value is -1.29. The van der Waals surface area contributed by atoms with Gasteiger partial charge in [0.15, 0.2) is 6.33 Å². The largest absolute Gasteiger partial charge is 0.340 e. The van der Waals surface area contributed by atoms with E-state index in [1.54, 1.807) is 11.4 Å². The fraction of sp³-hybridized carbons (Fsp3) is 0.500. The van der Waals surface area contributed by atoms with Crippen LogP contribution in [0.25, 0.3) is 0 Å². The third-order valence-electron chi connectivity index (χ3n) is 2.74. The first-order valence-electron chi connectivity index (χ1n) is 6.65. The van der Waals surface area contributed by atoms with Gasteiger partial charge in [0, 0.05) is 24.4 Å². The Morgan fingerprint density at radius 2 is 2.24 bits per heavy atom. The number of aromatic nitrogens is 2. The fourth-order valence-corrected chi connectivity index (χ4v) is 4.20. The van der Waals surface area contributed by atoms with Gasteiger partial charge in [-0.15, -0.1) is 11.3 Å². The molecule has 0 saturated heterocycles. The van der Waals surface area contributed by atoms with Gasteiger partial charge in [0.25, 0.3) is 0 Å². The van der Waals surface area contributed by atoms with Gasteiger partial charge in [-0.3, -0.25) is 0 Å². The third-order valence-corrected chi connectivity index (χ3v) is 5.34. The maximum absolute atomic E-state index is 12.3. The first-order chi connectivity index (χ1) is 10.1. The van der Waals surface area contributed by atoms with E-state index < -0.39 is 10.0 Å². The maximum Gasteiger partial charge on any atom is 0.241 e. The molecule has 0 aliphatic heterocycles. The quantitative estimate of drug-likeness (QED) is 0.670. The van der Waals surface area contributed by atoms with Crippen molar-refractivity contribution < 1.29 is 12.9 Å². The summed E-state index contributed by atoms with van der Waals surface area (Å²) in [6.45, 7) is 3.72. The Morgan fingerprint density at radius 3 is 2.95 bits per heavy atom. The minimum absolute atomic E-state index is 0.224. The second-order valence-corrected chi connectivity index (χ2v) is 7.10. The highest BCUT2D eigenvalue weighted by Gasteiger charge is 2.19. The van der Waals surface area contributed by atoms with E-state index in [0.717, 1.165) is 17.8 Å². The van der Waals surface area contributed by atoms with Crippen molar-refractivity contribution in [3.05, 3.63) is 28.5 Å². The molecule has 0 unspecified atom stereocenters. The summed E-state index contributed by atoms with van der Waals surface area (Å²) in [4.78, 5) is 4.99. The van der Waals surface area contributed by atoms with E-state index in [4.69, 9.17) is 4.52 Å². The van der Waals surface area contributed by atoms with Crippen molar-refractivity contribution in [1.82, 2.24) is 20.2 Å². The molecular formula is C12H18N4O3S2. The van der Waals surface area contributed by atoms with E-state index >= 15 is 0 Å². The smallest absolute Gasteiger partial charge is 0.241 e. The average Bonchev–Trinajstić information content (AvgIpc) is 3.10. The lowest BCUT2D eigenvalue weighted by molar-refractivity contribution is 0.377. The molecule has 0 bridgehead atoms. The Bertz CT molecular complexity index is 637. The zero-order chi connectivity index (χ0) is 15.1. The summed E-state index contributed by atoms with van der Waals surface area (Å²) in [5.41, 5.74) is 0. The lowest BCUT2D eigenvalue weighted by atomic mass is 10.4. The number of hydrogen-bond donors (Lipinski definition) is 2. The normalized spacial score (nSPS) is 11.9. The Labute approximate surface area is 127 Å². The van der Waals surface area contributed by atoms with Crippen LogP contribution >= 0.6 is 11.3 Å². The highest BCUT2D eigenvalue weighted by atomic mass is 32.2. The van der Waals surface area contributed by atoms with Crippen LogP contribution in [-0.2, 0) is 23.0 Å². The zero-order valence-corrected chi connectivity index (χ0v) is 13.3. The van der Waals surface area contributed by atoms with Crippen LogP contribution in [0.3, 0.4) is 0 Å². The minimum atomic E-state index is -3.51. The number of sulfonamides is 1. The number of nitrogens with zero attached hydrogens (tertiary/aromatic N) is 2. The number of thiophene rings is 1. The highest BCUT2D eigenvalue weighted by Crippen LogP contribution is 2.21. The molecule has 7 nitrogen and oxygen atoms in total. The molecule has 21 heavy (non-hydrogen) atoms. The van der Waals surface area contributed by atoms with E-state index in [9.17, 15) is 8.42 Å². The Balaban J connectivity index is 1.94. The predicted molar refractivity (Wildman–Crippen MR) is 79.5 cm³/mol. The van der Waals surface area contributed by atoms with E-state index in [1.807, 2.05) is 0 Å². The van der Waals surface area contributed by atoms with E-state index in [-0.39, 0.29) is 6.54 Å². The first-order valence-corrected chi connectivity index (χ1v) is 9.02. The molecule has 2 N–H and O–H groups in total. The van der Waals surface area contributed by atoms with Crippen molar-refractivity contribution in [1.29, 1.82) is 0 Å². The average molecular weight is 330 g/mol. The van der Waals surface area contributed by atoms with Crippen LogP contribution < -0.4 is 10.0 Å². The summed E-state index contributed by atoms with van der Waals surface area (Å²) >= 11 is 1.44. The molecule has 116 valence electrons. The van der Waals surface area contributed by atoms with Crippen LogP contribution in [0.2, 0.25) is 0 Å².